The van der Waals surface area contributed by atoms with Crippen molar-refractivity contribution in [2.24, 2.45) is 0 Å². The molecule has 0 unspecified atom stereocenters. The number of benzene rings is 1. The van der Waals surface area contributed by atoms with E-state index >= 15 is 0 Å². The normalized spacial score (nSPS) is 13.9. The number of anilines is 3. The number of nitrogens with two attached hydrogens (primary N) is 1. The number of nitrogens with one attached hydrogen (secondary N) is 1. The van der Waals surface area contributed by atoms with E-state index in [4.69, 9.17) is 20.4 Å². The summed E-state index contributed by atoms with van der Waals surface area (Å²) in [5.41, 5.74) is 9.49. The molecule has 3 N–H and O–H groups in total. The lowest BCUT2D eigenvalue weighted by Crippen LogP contribution is -2.37. The number of nitrogens with zero attached hydrogens (tertiary/aromatic N) is 5. The van der Waals surface area contributed by atoms with Gasteiger partial charge in [0.1, 0.15) is 0 Å². The lowest BCUT2D eigenvalue weighted by Gasteiger charge is -2.27. The molecule has 1 amide bonds. The van der Waals surface area contributed by atoms with Gasteiger partial charge in [-0.15, -0.1) is 0 Å². The van der Waals surface area contributed by atoms with Crippen LogP contribution in [0.2, 0.25) is 0 Å². The molecule has 4 rings (SSSR count). The zero-order valence-electron chi connectivity index (χ0n) is 16.0. The number of hydrogen-bond acceptors (Lipinski definition) is 8. The summed E-state index contributed by atoms with van der Waals surface area (Å²) in [5.74, 6) is 0.730. The zero-order chi connectivity index (χ0) is 20.2. The predicted octanol–water partition coefficient (Wildman–Crippen LogP) is 1.98. The molecule has 1 saturated heterocycles. The van der Waals surface area contributed by atoms with Crippen LogP contribution >= 0.6 is 0 Å². The number of carbonyl (C=O) groups is 1. The van der Waals surface area contributed by atoms with Gasteiger partial charge in [-0.25, -0.2) is 19.9 Å². The summed E-state index contributed by atoms with van der Waals surface area (Å²) >= 11 is 0. The fourth-order valence-corrected chi connectivity index (χ4v) is 3.03. The number of hydrogen-bond donors (Lipinski definition) is 2. The summed E-state index contributed by atoms with van der Waals surface area (Å²) in [6.07, 6.45) is 3.30. The summed E-state index contributed by atoms with van der Waals surface area (Å²) in [6.45, 7) is 4.21. The second-order valence-electron chi connectivity index (χ2n) is 6.63. The van der Waals surface area contributed by atoms with Crippen molar-refractivity contribution in [2.75, 3.05) is 42.3 Å². The van der Waals surface area contributed by atoms with E-state index in [0.717, 1.165) is 35.6 Å². The van der Waals surface area contributed by atoms with Gasteiger partial charge in [-0.3, -0.25) is 4.79 Å². The molecular weight excluding hydrogens is 370 g/mol. The first kappa shape index (κ1) is 18.8. The van der Waals surface area contributed by atoms with Gasteiger partial charge in [-0.2, -0.15) is 0 Å². The molecule has 0 radical (unpaired) electrons. The third kappa shape index (κ3) is 4.46. The second-order valence-corrected chi connectivity index (χ2v) is 6.63. The van der Waals surface area contributed by atoms with E-state index in [9.17, 15) is 4.79 Å². The number of ether oxygens (including phenoxy) is 1. The number of carbonyl (C=O) groups excluding carboxylic acids is 1. The molecule has 0 bridgehead atoms. The van der Waals surface area contributed by atoms with Gasteiger partial charge in [0, 0.05) is 49.2 Å². The van der Waals surface area contributed by atoms with E-state index in [-0.39, 0.29) is 11.9 Å². The Balaban J connectivity index is 1.74. The Bertz CT molecular complexity index is 1000. The fourth-order valence-electron chi connectivity index (χ4n) is 3.03. The van der Waals surface area contributed by atoms with E-state index in [1.54, 1.807) is 12.4 Å². The molecule has 3 aromatic rings. The third-order valence-electron chi connectivity index (χ3n) is 4.48. The molecule has 0 atom stereocenters. The van der Waals surface area contributed by atoms with Crippen molar-refractivity contribution in [3.05, 3.63) is 42.7 Å². The first-order valence-electron chi connectivity index (χ1n) is 9.26. The van der Waals surface area contributed by atoms with Crippen molar-refractivity contribution in [1.29, 1.82) is 0 Å². The SMILES string of the molecule is CC(=O)Nc1ccc(-c2cc(-c3cnc(N)nc3)nc(N3CCOCC3)n2)cc1. The van der Waals surface area contributed by atoms with Crippen molar-refractivity contribution in [3.8, 4) is 22.5 Å². The average molecular weight is 391 g/mol. The van der Waals surface area contributed by atoms with Gasteiger partial charge in [0.25, 0.3) is 0 Å². The smallest absolute Gasteiger partial charge is 0.226 e. The predicted molar refractivity (Wildman–Crippen MR) is 110 cm³/mol. The molecular formula is C20H21N7O2. The van der Waals surface area contributed by atoms with E-state index in [1.165, 1.54) is 6.92 Å². The molecule has 0 saturated carbocycles. The van der Waals surface area contributed by atoms with E-state index < -0.39 is 0 Å². The highest BCUT2D eigenvalue weighted by molar-refractivity contribution is 5.89. The largest absolute Gasteiger partial charge is 0.378 e. The molecule has 1 fully saturated rings. The van der Waals surface area contributed by atoms with Crippen LogP contribution in [-0.2, 0) is 9.53 Å². The molecule has 148 valence electrons. The molecule has 1 aliphatic rings. The van der Waals surface area contributed by atoms with E-state index in [2.05, 4.69) is 20.2 Å². The maximum atomic E-state index is 11.2. The second kappa shape index (κ2) is 8.19. The minimum atomic E-state index is -0.111. The first-order chi connectivity index (χ1) is 14.1. The quantitative estimate of drug-likeness (QED) is 0.693. The molecule has 0 spiro atoms. The summed E-state index contributed by atoms with van der Waals surface area (Å²) in [6, 6.07) is 9.42. The van der Waals surface area contributed by atoms with Crippen LogP contribution in [-0.4, -0.2) is 52.1 Å². The average Bonchev–Trinajstić information content (AvgIpc) is 2.75. The molecule has 1 aromatic carbocycles. The van der Waals surface area contributed by atoms with E-state index in [0.29, 0.717) is 24.9 Å². The van der Waals surface area contributed by atoms with E-state index in [1.807, 2.05) is 30.3 Å². The molecule has 1 aliphatic heterocycles. The van der Waals surface area contributed by atoms with Crippen LogP contribution < -0.4 is 16.0 Å². The van der Waals surface area contributed by atoms with Gasteiger partial charge in [-0.05, 0) is 18.2 Å². The van der Waals surface area contributed by atoms with Crippen molar-refractivity contribution in [3.63, 3.8) is 0 Å². The maximum Gasteiger partial charge on any atom is 0.226 e. The molecule has 9 heteroatoms. The van der Waals surface area contributed by atoms with Crippen LogP contribution in [0.5, 0.6) is 0 Å². The van der Waals surface area contributed by atoms with Gasteiger partial charge < -0.3 is 20.7 Å². The lowest BCUT2D eigenvalue weighted by molar-refractivity contribution is -0.114. The van der Waals surface area contributed by atoms with Gasteiger partial charge in [0.2, 0.25) is 17.8 Å². The molecule has 3 heterocycles. The minimum Gasteiger partial charge on any atom is -0.378 e. The van der Waals surface area contributed by atoms with Gasteiger partial charge in [0.05, 0.1) is 24.6 Å². The highest BCUT2D eigenvalue weighted by Gasteiger charge is 2.17. The van der Waals surface area contributed by atoms with Crippen molar-refractivity contribution in [2.45, 2.75) is 6.92 Å². The third-order valence-corrected chi connectivity index (χ3v) is 4.48. The molecule has 29 heavy (non-hydrogen) atoms. The van der Waals surface area contributed by atoms with Crippen molar-refractivity contribution >= 4 is 23.5 Å². The van der Waals surface area contributed by atoms with Gasteiger partial charge in [0.15, 0.2) is 0 Å². The fraction of sp³-hybridized carbons (Fsp3) is 0.250. The summed E-state index contributed by atoms with van der Waals surface area (Å²) in [5, 5.41) is 2.77. The van der Waals surface area contributed by atoms with Gasteiger partial charge in [-0.1, -0.05) is 12.1 Å². The molecule has 2 aromatic heterocycles. The van der Waals surface area contributed by atoms with Crippen molar-refractivity contribution < 1.29 is 9.53 Å². The Hall–Kier alpha value is -3.59. The Labute approximate surface area is 168 Å². The number of amides is 1. The Morgan fingerprint density at radius 1 is 1.03 bits per heavy atom. The van der Waals surface area contributed by atoms with Crippen LogP contribution in [0.1, 0.15) is 6.92 Å². The Morgan fingerprint density at radius 2 is 1.66 bits per heavy atom. The lowest BCUT2D eigenvalue weighted by atomic mass is 10.1. The number of aromatic nitrogens is 4. The minimum absolute atomic E-state index is 0.111. The maximum absolute atomic E-state index is 11.2. The topological polar surface area (TPSA) is 119 Å². The summed E-state index contributed by atoms with van der Waals surface area (Å²) in [7, 11) is 0. The van der Waals surface area contributed by atoms with Crippen LogP contribution in [0.15, 0.2) is 42.7 Å². The highest BCUT2D eigenvalue weighted by atomic mass is 16.5. The van der Waals surface area contributed by atoms with Gasteiger partial charge >= 0.3 is 0 Å². The number of rotatable bonds is 4. The van der Waals surface area contributed by atoms with Crippen LogP contribution in [0.3, 0.4) is 0 Å². The standard InChI is InChI=1S/C20H21N7O2/c1-13(28)24-16-4-2-14(3-5-16)17-10-18(15-11-22-19(21)23-12-15)26-20(25-17)27-6-8-29-9-7-27/h2-5,10-12H,6-9H2,1H3,(H,24,28)(H2,21,22,23). The van der Waals surface area contributed by atoms with Crippen molar-refractivity contribution in [1.82, 2.24) is 19.9 Å². The van der Waals surface area contributed by atoms with Crippen LogP contribution in [0.25, 0.3) is 22.5 Å². The highest BCUT2D eigenvalue weighted by Crippen LogP contribution is 2.27. The monoisotopic (exact) mass is 391 g/mol. The molecule has 0 aliphatic carbocycles. The Morgan fingerprint density at radius 3 is 2.28 bits per heavy atom. The first-order valence-corrected chi connectivity index (χ1v) is 9.26. The summed E-state index contributed by atoms with van der Waals surface area (Å²) in [4.78, 5) is 31.0. The number of morpholine rings is 1. The Kier molecular flexibility index (Phi) is 5.30. The number of nitrogen functional groups attached to an aromatic ring is 1. The molecule has 9 nitrogen and oxygen atoms in total. The summed E-state index contributed by atoms with van der Waals surface area (Å²) < 4.78 is 5.44. The zero-order valence-corrected chi connectivity index (χ0v) is 16.0. The van der Waals surface area contributed by atoms with Crippen LogP contribution in [0.4, 0.5) is 17.6 Å². The van der Waals surface area contributed by atoms with Crippen LogP contribution in [0, 0.1) is 0 Å².